The maximum atomic E-state index is 12.6. The van der Waals surface area contributed by atoms with Crippen LogP contribution < -0.4 is 10.2 Å². The van der Waals surface area contributed by atoms with Crippen LogP contribution in [-0.4, -0.2) is 30.9 Å². The number of hydrogen-bond acceptors (Lipinski definition) is 4. The molecule has 7 heteroatoms. The van der Waals surface area contributed by atoms with Crippen molar-refractivity contribution in [2.24, 2.45) is 0 Å². The number of anilines is 1. The topological polar surface area (TPSA) is 75.7 Å². The van der Waals surface area contributed by atoms with Gasteiger partial charge in [-0.25, -0.2) is 4.79 Å². The Labute approximate surface area is 181 Å². The Hall–Kier alpha value is -2.86. The van der Waals surface area contributed by atoms with E-state index in [9.17, 15) is 14.4 Å². The van der Waals surface area contributed by atoms with Crippen molar-refractivity contribution < 1.29 is 19.1 Å². The van der Waals surface area contributed by atoms with Crippen LogP contribution in [0.25, 0.3) is 0 Å². The number of aryl methyl sites for hydroxylation is 2. The van der Waals surface area contributed by atoms with Crippen LogP contribution in [0.4, 0.5) is 5.69 Å². The first-order valence-corrected chi connectivity index (χ1v) is 10.3. The third-order valence-electron chi connectivity index (χ3n) is 5.29. The van der Waals surface area contributed by atoms with Gasteiger partial charge in [0.1, 0.15) is 0 Å². The smallest absolute Gasteiger partial charge is 0.340 e. The van der Waals surface area contributed by atoms with Crippen LogP contribution >= 0.6 is 11.6 Å². The first-order valence-electron chi connectivity index (χ1n) is 9.90. The van der Waals surface area contributed by atoms with Crippen molar-refractivity contribution in [1.82, 2.24) is 5.32 Å². The summed E-state index contributed by atoms with van der Waals surface area (Å²) in [5, 5.41) is 3.25. The number of carbonyl (C=O) groups excluding carboxylic acids is 3. The lowest BCUT2D eigenvalue weighted by Crippen LogP contribution is -2.31. The summed E-state index contributed by atoms with van der Waals surface area (Å²) in [5.41, 5.74) is 3.93. The molecular weight excluding hydrogens is 404 g/mol. The third-order valence-corrected chi connectivity index (χ3v) is 5.52. The Morgan fingerprint density at radius 2 is 1.93 bits per heavy atom. The normalized spacial score (nSPS) is 14.5. The van der Waals surface area contributed by atoms with Crippen molar-refractivity contribution in [3.63, 3.8) is 0 Å². The number of hydrogen-bond donors (Lipinski definition) is 1. The Morgan fingerprint density at radius 3 is 2.60 bits per heavy atom. The summed E-state index contributed by atoms with van der Waals surface area (Å²) in [4.78, 5) is 38.5. The van der Waals surface area contributed by atoms with Gasteiger partial charge in [0.2, 0.25) is 5.91 Å². The van der Waals surface area contributed by atoms with Crippen molar-refractivity contribution >= 4 is 35.1 Å². The van der Waals surface area contributed by atoms with E-state index in [0.717, 1.165) is 17.5 Å². The molecule has 6 nitrogen and oxygen atoms in total. The molecule has 1 unspecified atom stereocenters. The summed E-state index contributed by atoms with van der Waals surface area (Å²) in [6.07, 6.45) is 1.15. The highest BCUT2D eigenvalue weighted by atomic mass is 35.5. The van der Waals surface area contributed by atoms with E-state index >= 15 is 0 Å². The molecule has 1 heterocycles. The molecule has 30 heavy (non-hydrogen) atoms. The Balaban J connectivity index is 1.63. The molecule has 1 fully saturated rings. The lowest BCUT2D eigenvalue weighted by molar-refractivity contribution is -0.125. The molecule has 0 saturated carbocycles. The van der Waals surface area contributed by atoms with Gasteiger partial charge in [-0.1, -0.05) is 29.8 Å². The van der Waals surface area contributed by atoms with Crippen molar-refractivity contribution in [3.05, 3.63) is 63.7 Å². The number of benzene rings is 2. The third kappa shape index (κ3) is 5.00. The summed E-state index contributed by atoms with van der Waals surface area (Å²) < 4.78 is 5.21. The van der Waals surface area contributed by atoms with Crippen molar-refractivity contribution in [1.29, 1.82) is 0 Å². The highest BCUT2D eigenvalue weighted by molar-refractivity contribution is 6.31. The quantitative estimate of drug-likeness (QED) is 0.702. The minimum absolute atomic E-state index is 0.0636. The maximum absolute atomic E-state index is 12.6. The van der Waals surface area contributed by atoms with Crippen LogP contribution in [-0.2, 0) is 14.3 Å². The molecule has 1 N–H and O–H groups in total. The van der Waals surface area contributed by atoms with Crippen molar-refractivity contribution in [3.8, 4) is 0 Å². The molecule has 3 rings (SSSR count). The summed E-state index contributed by atoms with van der Waals surface area (Å²) >= 11 is 6.06. The fraction of sp³-hybridized carbons (Fsp3) is 0.348. The van der Waals surface area contributed by atoms with Gasteiger partial charge in [0.15, 0.2) is 6.61 Å². The predicted molar refractivity (Wildman–Crippen MR) is 116 cm³/mol. The van der Waals surface area contributed by atoms with Gasteiger partial charge in [-0.2, -0.15) is 0 Å². The highest BCUT2D eigenvalue weighted by Crippen LogP contribution is 2.29. The fourth-order valence-corrected chi connectivity index (χ4v) is 3.58. The lowest BCUT2D eigenvalue weighted by Gasteiger charge is -2.19. The predicted octanol–water partition coefficient (Wildman–Crippen LogP) is 4.12. The van der Waals surface area contributed by atoms with Gasteiger partial charge in [-0.15, -0.1) is 0 Å². The summed E-state index contributed by atoms with van der Waals surface area (Å²) in [6.45, 7) is 6.03. The second kappa shape index (κ2) is 9.30. The molecule has 2 amide bonds. The standard InChI is InChI=1S/C23H25ClN2O4/c1-14-6-7-17(11-15(14)2)16(3)25-21(27)13-30-23(29)19-9-8-18(24)12-20(19)26-10-4-5-22(26)28/h6-9,11-12,16H,4-5,10,13H2,1-3H3,(H,25,27). The van der Waals surface area contributed by atoms with Gasteiger partial charge in [0.25, 0.3) is 5.91 Å². The van der Waals surface area contributed by atoms with E-state index in [4.69, 9.17) is 16.3 Å². The zero-order chi connectivity index (χ0) is 21.8. The molecule has 0 bridgehead atoms. The van der Waals surface area contributed by atoms with Crippen LogP contribution in [0.15, 0.2) is 36.4 Å². The Kier molecular flexibility index (Phi) is 6.77. The highest BCUT2D eigenvalue weighted by Gasteiger charge is 2.27. The first kappa shape index (κ1) is 21.8. The molecule has 2 aromatic rings. The molecule has 0 radical (unpaired) electrons. The molecule has 0 spiro atoms. The van der Waals surface area contributed by atoms with E-state index in [1.54, 1.807) is 12.1 Å². The monoisotopic (exact) mass is 428 g/mol. The van der Waals surface area contributed by atoms with Crippen molar-refractivity contribution in [2.75, 3.05) is 18.1 Å². The minimum atomic E-state index is -0.671. The molecule has 0 aliphatic carbocycles. The van der Waals surface area contributed by atoms with Crippen LogP contribution in [0.1, 0.15) is 52.9 Å². The van der Waals surface area contributed by atoms with E-state index in [0.29, 0.717) is 23.7 Å². The average molecular weight is 429 g/mol. The Bertz CT molecular complexity index is 989. The fourth-order valence-electron chi connectivity index (χ4n) is 3.41. The summed E-state index contributed by atoms with van der Waals surface area (Å²) in [6, 6.07) is 10.4. The van der Waals surface area contributed by atoms with Gasteiger partial charge in [-0.05, 0) is 62.1 Å². The molecule has 2 aromatic carbocycles. The first-order chi connectivity index (χ1) is 14.3. The van der Waals surface area contributed by atoms with Crippen LogP contribution in [0.5, 0.6) is 0 Å². The van der Waals surface area contributed by atoms with Gasteiger partial charge >= 0.3 is 5.97 Å². The van der Waals surface area contributed by atoms with E-state index in [-0.39, 0.29) is 17.5 Å². The SMILES string of the molecule is Cc1ccc(C(C)NC(=O)COC(=O)c2ccc(Cl)cc2N2CCCC2=O)cc1C. The van der Waals surface area contributed by atoms with Crippen LogP contribution in [0, 0.1) is 13.8 Å². The number of rotatable bonds is 6. The average Bonchev–Trinajstić information content (AvgIpc) is 3.13. The van der Waals surface area contributed by atoms with Crippen LogP contribution in [0.3, 0.4) is 0 Å². The number of ether oxygens (including phenoxy) is 1. The molecular formula is C23H25ClN2O4. The largest absolute Gasteiger partial charge is 0.452 e. The molecule has 1 aliphatic rings. The van der Waals surface area contributed by atoms with Crippen molar-refractivity contribution in [2.45, 2.75) is 39.7 Å². The molecule has 0 aromatic heterocycles. The molecule has 1 saturated heterocycles. The molecule has 158 valence electrons. The minimum Gasteiger partial charge on any atom is -0.452 e. The lowest BCUT2D eigenvalue weighted by atomic mass is 10.0. The number of amides is 2. The molecule has 1 atom stereocenters. The van der Waals surface area contributed by atoms with Crippen LogP contribution in [0.2, 0.25) is 5.02 Å². The Morgan fingerprint density at radius 1 is 1.17 bits per heavy atom. The summed E-state index contributed by atoms with van der Waals surface area (Å²) in [7, 11) is 0. The zero-order valence-electron chi connectivity index (χ0n) is 17.3. The van der Waals surface area contributed by atoms with E-state index < -0.39 is 18.5 Å². The van der Waals surface area contributed by atoms with Gasteiger partial charge in [0, 0.05) is 18.0 Å². The van der Waals surface area contributed by atoms with Gasteiger partial charge < -0.3 is 15.0 Å². The number of nitrogens with one attached hydrogen (secondary N) is 1. The van der Waals surface area contributed by atoms with E-state index in [1.807, 2.05) is 39.0 Å². The number of esters is 1. The second-order valence-corrected chi connectivity index (χ2v) is 7.96. The van der Waals surface area contributed by atoms with Gasteiger partial charge in [-0.3, -0.25) is 9.59 Å². The number of halogens is 1. The van der Waals surface area contributed by atoms with Gasteiger partial charge in [0.05, 0.1) is 17.3 Å². The number of nitrogens with zero attached hydrogens (tertiary/aromatic N) is 1. The van der Waals surface area contributed by atoms with E-state index in [1.165, 1.54) is 16.5 Å². The number of carbonyl (C=O) groups is 3. The summed E-state index contributed by atoms with van der Waals surface area (Å²) in [5.74, 6) is -1.14. The van der Waals surface area contributed by atoms with E-state index in [2.05, 4.69) is 5.32 Å². The second-order valence-electron chi connectivity index (χ2n) is 7.52. The maximum Gasteiger partial charge on any atom is 0.340 e. The zero-order valence-corrected chi connectivity index (χ0v) is 18.1. The molecule has 1 aliphatic heterocycles.